The second-order valence-corrected chi connectivity index (χ2v) is 8.69. The van der Waals surface area contributed by atoms with Gasteiger partial charge in [-0.3, -0.25) is 4.72 Å². The number of sulfonamides is 1. The highest BCUT2D eigenvalue weighted by molar-refractivity contribution is 7.92. The van der Waals surface area contributed by atoms with Crippen LogP contribution in [-0.4, -0.2) is 32.9 Å². The van der Waals surface area contributed by atoms with E-state index >= 15 is 0 Å². The lowest BCUT2D eigenvalue weighted by Gasteiger charge is -2.15. The van der Waals surface area contributed by atoms with Gasteiger partial charge >= 0.3 is 0 Å². The third-order valence-corrected chi connectivity index (χ3v) is 6.51. The van der Waals surface area contributed by atoms with Gasteiger partial charge in [-0.1, -0.05) is 30.3 Å². The van der Waals surface area contributed by atoms with Crippen LogP contribution in [-0.2, 0) is 10.0 Å². The number of hydrogen-bond acceptors (Lipinski definition) is 6. The van der Waals surface area contributed by atoms with Crippen molar-refractivity contribution in [3.63, 3.8) is 0 Å². The highest BCUT2D eigenvalue weighted by Gasteiger charge is 2.22. The molecule has 0 aliphatic heterocycles. The van der Waals surface area contributed by atoms with Crippen LogP contribution in [0.5, 0.6) is 23.0 Å². The normalized spacial score (nSPS) is 11.3. The summed E-state index contributed by atoms with van der Waals surface area (Å²) in [6, 6.07) is 19.4. The average molecular weight is 452 g/mol. The zero-order valence-corrected chi connectivity index (χ0v) is 18.2. The molecule has 0 atom stereocenters. The van der Waals surface area contributed by atoms with Crippen LogP contribution in [0.1, 0.15) is 0 Å². The summed E-state index contributed by atoms with van der Waals surface area (Å²) in [5, 5.41) is 22.6. The van der Waals surface area contributed by atoms with Crippen molar-refractivity contribution < 1.29 is 28.1 Å². The predicted molar refractivity (Wildman–Crippen MR) is 123 cm³/mol. The summed E-state index contributed by atoms with van der Waals surface area (Å²) < 4.78 is 38.9. The third kappa shape index (κ3) is 3.88. The summed E-state index contributed by atoms with van der Waals surface area (Å²) in [6.45, 7) is 0. The molecular formula is C24H21NO6S. The number of benzene rings is 4. The lowest BCUT2D eigenvalue weighted by Crippen LogP contribution is -2.14. The van der Waals surface area contributed by atoms with Crippen molar-refractivity contribution in [3.05, 3.63) is 72.8 Å². The van der Waals surface area contributed by atoms with Crippen LogP contribution in [0.4, 0.5) is 5.69 Å². The molecule has 164 valence electrons. The first-order chi connectivity index (χ1) is 15.3. The topological polar surface area (TPSA) is 105 Å². The summed E-state index contributed by atoms with van der Waals surface area (Å²) >= 11 is 0. The van der Waals surface area contributed by atoms with Crippen LogP contribution < -0.4 is 14.2 Å². The van der Waals surface area contributed by atoms with E-state index in [1.807, 2.05) is 24.3 Å². The molecule has 4 rings (SSSR count). The van der Waals surface area contributed by atoms with Crippen LogP contribution >= 0.6 is 0 Å². The van der Waals surface area contributed by atoms with Crippen molar-refractivity contribution in [3.8, 4) is 34.1 Å². The second kappa shape index (κ2) is 8.32. The van der Waals surface area contributed by atoms with E-state index in [-0.39, 0.29) is 27.8 Å². The Bertz CT molecular complexity index is 1420. The van der Waals surface area contributed by atoms with E-state index in [1.54, 1.807) is 6.07 Å². The quantitative estimate of drug-likeness (QED) is 0.366. The zero-order valence-electron chi connectivity index (χ0n) is 17.4. The van der Waals surface area contributed by atoms with E-state index in [0.29, 0.717) is 16.9 Å². The zero-order chi connectivity index (χ0) is 22.9. The van der Waals surface area contributed by atoms with E-state index in [0.717, 1.165) is 10.8 Å². The van der Waals surface area contributed by atoms with Crippen LogP contribution in [0.25, 0.3) is 21.9 Å². The Hall–Kier alpha value is -3.91. The Labute approximate surface area is 185 Å². The van der Waals surface area contributed by atoms with E-state index in [1.165, 1.54) is 56.7 Å². The van der Waals surface area contributed by atoms with Gasteiger partial charge < -0.3 is 19.7 Å². The van der Waals surface area contributed by atoms with Gasteiger partial charge in [-0.05, 0) is 47.2 Å². The van der Waals surface area contributed by atoms with E-state index in [9.17, 15) is 18.6 Å². The minimum atomic E-state index is -4.02. The van der Waals surface area contributed by atoms with Crippen molar-refractivity contribution in [1.29, 1.82) is 0 Å². The maximum atomic E-state index is 13.0. The number of anilines is 1. The fraction of sp³-hybridized carbons (Fsp3) is 0.0833. The van der Waals surface area contributed by atoms with Crippen molar-refractivity contribution in [2.45, 2.75) is 4.90 Å². The molecule has 0 heterocycles. The number of ether oxygens (including phenoxy) is 2. The van der Waals surface area contributed by atoms with Gasteiger partial charge in [0.15, 0.2) is 0 Å². The molecule has 4 aromatic rings. The number of phenolic OH excluding ortho intramolecular Hbond substituents is 2. The molecule has 3 N–H and O–H groups in total. The Morgan fingerprint density at radius 2 is 1.56 bits per heavy atom. The van der Waals surface area contributed by atoms with Crippen molar-refractivity contribution in [2.24, 2.45) is 0 Å². The van der Waals surface area contributed by atoms with Gasteiger partial charge in [0, 0.05) is 22.9 Å². The van der Waals surface area contributed by atoms with E-state index in [4.69, 9.17) is 9.47 Å². The first-order valence-corrected chi connectivity index (χ1v) is 11.1. The molecule has 32 heavy (non-hydrogen) atoms. The first-order valence-electron chi connectivity index (χ1n) is 9.63. The predicted octanol–water partition coefficient (Wildman–Crippen LogP) is 4.74. The number of rotatable bonds is 6. The summed E-state index contributed by atoms with van der Waals surface area (Å²) in [5.41, 5.74) is 0.910. The summed E-state index contributed by atoms with van der Waals surface area (Å²) in [7, 11) is -1.18. The number of hydrogen-bond donors (Lipinski definition) is 3. The lowest BCUT2D eigenvalue weighted by molar-refractivity contribution is 0.386. The van der Waals surface area contributed by atoms with Gasteiger partial charge in [0.1, 0.15) is 27.9 Å². The molecule has 0 radical (unpaired) electrons. The van der Waals surface area contributed by atoms with Crippen LogP contribution in [0, 0.1) is 0 Å². The molecule has 8 heteroatoms. The highest BCUT2D eigenvalue weighted by Crippen LogP contribution is 2.42. The molecule has 0 saturated carbocycles. The molecule has 0 amide bonds. The number of nitrogens with one attached hydrogen (secondary N) is 1. The standard InChI is InChI=1S/C24H21NO6S/c1-30-17-9-12-23(22(14-17)31-2)32(28,29)25-16-8-11-20(26)19(13-16)24-18-6-4-3-5-15(18)7-10-21(24)27/h3-14,25-27H,1-2H3. The van der Waals surface area contributed by atoms with Gasteiger partial charge in [-0.15, -0.1) is 0 Å². The van der Waals surface area contributed by atoms with Gasteiger partial charge in [0.25, 0.3) is 10.0 Å². The summed E-state index contributed by atoms with van der Waals surface area (Å²) in [6.07, 6.45) is 0. The number of fused-ring (bicyclic) bond motifs is 1. The van der Waals surface area contributed by atoms with E-state index < -0.39 is 10.0 Å². The monoisotopic (exact) mass is 451 g/mol. The third-order valence-electron chi connectivity index (χ3n) is 5.09. The van der Waals surface area contributed by atoms with Gasteiger partial charge in [0.2, 0.25) is 0 Å². The van der Waals surface area contributed by atoms with Gasteiger partial charge in [0.05, 0.1) is 14.2 Å². The molecule has 0 aromatic heterocycles. The van der Waals surface area contributed by atoms with Gasteiger partial charge in [-0.25, -0.2) is 8.42 Å². The molecule has 0 fully saturated rings. The van der Waals surface area contributed by atoms with Gasteiger partial charge in [-0.2, -0.15) is 0 Å². The molecule has 4 aromatic carbocycles. The minimum Gasteiger partial charge on any atom is -0.507 e. The molecule has 0 bridgehead atoms. The maximum Gasteiger partial charge on any atom is 0.265 e. The molecule has 0 spiro atoms. The smallest absolute Gasteiger partial charge is 0.265 e. The van der Waals surface area contributed by atoms with Crippen LogP contribution in [0.15, 0.2) is 77.7 Å². The number of phenols is 2. The molecular weight excluding hydrogens is 430 g/mol. The Morgan fingerprint density at radius 3 is 2.31 bits per heavy atom. The average Bonchev–Trinajstić information content (AvgIpc) is 2.80. The molecule has 0 aliphatic rings. The largest absolute Gasteiger partial charge is 0.507 e. The highest BCUT2D eigenvalue weighted by atomic mass is 32.2. The Kier molecular flexibility index (Phi) is 5.54. The number of aromatic hydroxyl groups is 2. The van der Waals surface area contributed by atoms with Crippen molar-refractivity contribution in [2.75, 3.05) is 18.9 Å². The van der Waals surface area contributed by atoms with Crippen LogP contribution in [0.3, 0.4) is 0 Å². The van der Waals surface area contributed by atoms with Crippen molar-refractivity contribution >= 4 is 26.5 Å². The fourth-order valence-electron chi connectivity index (χ4n) is 3.55. The summed E-state index contributed by atoms with van der Waals surface area (Å²) in [5.74, 6) is 0.458. The molecule has 0 saturated heterocycles. The fourth-order valence-corrected chi connectivity index (χ4v) is 4.75. The molecule has 0 unspecified atom stereocenters. The SMILES string of the molecule is COc1ccc(S(=O)(=O)Nc2ccc(O)c(-c3c(O)ccc4ccccc34)c2)c(OC)c1. The molecule has 0 aliphatic carbocycles. The maximum absolute atomic E-state index is 13.0. The first kappa shape index (κ1) is 21.3. The van der Waals surface area contributed by atoms with Crippen LogP contribution in [0.2, 0.25) is 0 Å². The molecule has 7 nitrogen and oxygen atoms in total. The lowest BCUT2D eigenvalue weighted by atomic mass is 9.96. The summed E-state index contributed by atoms with van der Waals surface area (Å²) in [4.78, 5) is -0.0663. The Morgan fingerprint density at radius 1 is 0.812 bits per heavy atom. The minimum absolute atomic E-state index is 0.0316. The second-order valence-electron chi connectivity index (χ2n) is 7.04. The Balaban J connectivity index is 1.79. The van der Waals surface area contributed by atoms with Crippen molar-refractivity contribution in [1.82, 2.24) is 0 Å². The van der Waals surface area contributed by atoms with E-state index in [2.05, 4.69) is 4.72 Å². The number of methoxy groups -OCH3 is 2.